The largest absolute Gasteiger partial charge is 0.341 e. The first-order chi connectivity index (χ1) is 8.15. The number of likely N-dealkylation sites (tertiary alicyclic amines) is 1. The smallest absolute Gasteiger partial charge is 0.239 e. The van der Waals surface area contributed by atoms with E-state index in [1.165, 1.54) is 6.42 Å². The Morgan fingerprint density at radius 1 is 1.35 bits per heavy atom. The third-order valence-electron chi connectivity index (χ3n) is 3.14. The fraction of sp³-hybridized carbons (Fsp3) is 0.917. The van der Waals surface area contributed by atoms with Gasteiger partial charge in [-0.15, -0.1) is 0 Å². The predicted molar refractivity (Wildman–Crippen MR) is 71.4 cm³/mol. The molecule has 2 atom stereocenters. The van der Waals surface area contributed by atoms with Crippen molar-refractivity contribution < 1.29 is 9.00 Å². The number of hydrogen-bond donors (Lipinski definition) is 1. The standard InChI is InChI=1S/C12H24N2O2S/c1-3-17(16)10-7-13-11(2)12(15)14-8-5-4-6-9-14/h11,13H,3-10H2,1-2H3. The summed E-state index contributed by atoms with van der Waals surface area (Å²) in [5.74, 6) is 1.51. The Kier molecular flexibility index (Phi) is 6.73. The number of rotatable bonds is 6. The Labute approximate surface area is 107 Å². The quantitative estimate of drug-likeness (QED) is 0.766. The van der Waals surface area contributed by atoms with Crippen LogP contribution >= 0.6 is 0 Å². The molecule has 5 heteroatoms. The summed E-state index contributed by atoms with van der Waals surface area (Å²) in [7, 11) is -0.749. The van der Waals surface area contributed by atoms with Crippen LogP contribution in [-0.4, -0.2) is 52.2 Å². The van der Waals surface area contributed by atoms with Gasteiger partial charge in [0.05, 0.1) is 6.04 Å². The van der Waals surface area contributed by atoms with Gasteiger partial charge in [-0.05, 0) is 26.2 Å². The summed E-state index contributed by atoms with van der Waals surface area (Å²) in [6.45, 7) is 6.25. The molecule has 0 bridgehead atoms. The molecule has 0 spiro atoms. The van der Waals surface area contributed by atoms with Crippen LogP contribution in [-0.2, 0) is 15.6 Å². The van der Waals surface area contributed by atoms with Gasteiger partial charge in [0, 0.05) is 41.9 Å². The van der Waals surface area contributed by atoms with E-state index in [0.717, 1.165) is 25.9 Å². The van der Waals surface area contributed by atoms with Gasteiger partial charge in [0.25, 0.3) is 0 Å². The van der Waals surface area contributed by atoms with E-state index in [2.05, 4.69) is 5.32 Å². The van der Waals surface area contributed by atoms with Crippen LogP contribution in [0.2, 0.25) is 0 Å². The number of hydrogen-bond acceptors (Lipinski definition) is 3. The Bertz CT molecular complexity index is 265. The van der Waals surface area contributed by atoms with Crippen molar-refractivity contribution >= 4 is 16.7 Å². The lowest BCUT2D eigenvalue weighted by molar-refractivity contribution is -0.133. The molecule has 1 aliphatic heterocycles. The van der Waals surface area contributed by atoms with Crippen LogP contribution in [0.1, 0.15) is 33.1 Å². The fourth-order valence-corrected chi connectivity index (χ4v) is 2.64. The molecule has 1 N–H and O–H groups in total. The van der Waals surface area contributed by atoms with Gasteiger partial charge in [-0.25, -0.2) is 0 Å². The van der Waals surface area contributed by atoms with Crippen molar-refractivity contribution in [3.8, 4) is 0 Å². The van der Waals surface area contributed by atoms with Gasteiger partial charge in [0.15, 0.2) is 0 Å². The molecule has 0 saturated carbocycles. The summed E-state index contributed by atoms with van der Waals surface area (Å²) in [6.07, 6.45) is 3.48. The molecule has 1 heterocycles. The van der Waals surface area contributed by atoms with E-state index in [9.17, 15) is 9.00 Å². The van der Waals surface area contributed by atoms with Crippen molar-refractivity contribution in [1.29, 1.82) is 0 Å². The van der Waals surface area contributed by atoms with Crippen molar-refractivity contribution in [3.63, 3.8) is 0 Å². The number of piperidine rings is 1. The zero-order valence-electron chi connectivity index (χ0n) is 10.9. The maximum atomic E-state index is 12.0. The molecule has 0 radical (unpaired) electrons. The van der Waals surface area contributed by atoms with E-state index in [0.29, 0.717) is 18.1 Å². The summed E-state index contributed by atoms with van der Waals surface area (Å²) < 4.78 is 11.2. The van der Waals surface area contributed by atoms with Crippen LogP contribution < -0.4 is 5.32 Å². The van der Waals surface area contributed by atoms with Gasteiger partial charge in [0.1, 0.15) is 0 Å². The molecule has 0 aromatic carbocycles. The lowest BCUT2D eigenvalue weighted by Crippen LogP contribution is -2.47. The highest BCUT2D eigenvalue weighted by Crippen LogP contribution is 2.09. The molecule has 1 aliphatic rings. The van der Waals surface area contributed by atoms with Crippen molar-refractivity contribution in [2.24, 2.45) is 0 Å². The van der Waals surface area contributed by atoms with Crippen LogP contribution in [0.4, 0.5) is 0 Å². The lowest BCUT2D eigenvalue weighted by atomic mass is 10.1. The average Bonchev–Trinajstić information content (AvgIpc) is 2.38. The van der Waals surface area contributed by atoms with Gasteiger partial charge in [0.2, 0.25) is 5.91 Å². The summed E-state index contributed by atoms with van der Waals surface area (Å²) in [6, 6.07) is -0.151. The number of nitrogens with one attached hydrogen (secondary N) is 1. The minimum atomic E-state index is -0.749. The average molecular weight is 260 g/mol. The van der Waals surface area contributed by atoms with Crippen LogP contribution in [0.25, 0.3) is 0 Å². The molecule has 0 aromatic rings. The molecule has 100 valence electrons. The molecule has 1 fully saturated rings. The fourth-order valence-electron chi connectivity index (χ4n) is 2.01. The summed E-state index contributed by atoms with van der Waals surface area (Å²) in [5, 5.41) is 3.16. The maximum Gasteiger partial charge on any atom is 0.239 e. The molecule has 1 amide bonds. The SMILES string of the molecule is CCS(=O)CCNC(C)C(=O)N1CCCCC1. The highest BCUT2D eigenvalue weighted by Gasteiger charge is 2.21. The van der Waals surface area contributed by atoms with E-state index >= 15 is 0 Å². The van der Waals surface area contributed by atoms with Crippen molar-refractivity contribution in [3.05, 3.63) is 0 Å². The monoisotopic (exact) mass is 260 g/mol. The van der Waals surface area contributed by atoms with Crippen LogP contribution in [0.5, 0.6) is 0 Å². The Balaban J connectivity index is 2.23. The van der Waals surface area contributed by atoms with E-state index in [1.54, 1.807) is 0 Å². The second kappa shape index (κ2) is 7.82. The number of nitrogens with zero attached hydrogens (tertiary/aromatic N) is 1. The molecule has 4 nitrogen and oxygen atoms in total. The molecule has 1 rings (SSSR count). The molecule has 1 saturated heterocycles. The molecule has 0 aromatic heterocycles. The number of carbonyl (C=O) groups excluding carboxylic acids is 1. The maximum absolute atomic E-state index is 12.0. The van der Waals surface area contributed by atoms with Crippen molar-refractivity contribution in [2.75, 3.05) is 31.1 Å². The zero-order valence-corrected chi connectivity index (χ0v) is 11.7. The third-order valence-corrected chi connectivity index (χ3v) is 4.44. The van der Waals surface area contributed by atoms with E-state index in [1.807, 2.05) is 18.7 Å². The van der Waals surface area contributed by atoms with E-state index < -0.39 is 10.8 Å². The Hall–Kier alpha value is -0.420. The zero-order chi connectivity index (χ0) is 12.7. The van der Waals surface area contributed by atoms with Crippen LogP contribution in [0.3, 0.4) is 0 Å². The predicted octanol–water partition coefficient (Wildman–Crippen LogP) is 0.746. The van der Waals surface area contributed by atoms with Gasteiger partial charge in [-0.3, -0.25) is 9.00 Å². The first-order valence-corrected chi connectivity index (χ1v) is 8.01. The number of carbonyl (C=O) groups is 1. The summed E-state index contributed by atoms with van der Waals surface area (Å²) >= 11 is 0. The minimum absolute atomic E-state index is 0.151. The first-order valence-electron chi connectivity index (χ1n) is 6.52. The molecule has 17 heavy (non-hydrogen) atoms. The summed E-state index contributed by atoms with van der Waals surface area (Å²) in [4.78, 5) is 14.0. The Morgan fingerprint density at radius 2 is 2.00 bits per heavy atom. The van der Waals surface area contributed by atoms with Gasteiger partial charge in [-0.1, -0.05) is 6.92 Å². The van der Waals surface area contributed by atoms with E-state index in [-0.39, 0.29) is 11.9 Å². The normalized spacial score (nSPS) is 20.0. The highest BCUT2D eigenvalue weighted by molar-refractivity contribution is 7.84. The van der Waals surface area contributed by atoms with Gasteiger partial charge < -0.3 is 10.2 Å². The first kappa shape index (κ1) is 14.6. The topological polar surface area (TPSA) is 49.4 Å². The minimum Gasteiger partial charge on any atom is -0.341 e. The van der Waals surface area contributed by atoms with Crippen LogP contribution in [0, 0.1) is 0 Å². The van der Waals surface area contributed by atoms with Crippen LogP contribution in [0.15, 0.2) is 0 Å². The number of amides is 1. The highest BCUT2D eigenvalue weighted by atomic mass is 32.2. The molecular weight excluding hydrogens is 236 g/mol. The second-order valence-corrected chi connectivity index (χ2v) is 6.36. The lowest BCUT2D eigenvalue weighted by Gasteiger charge is -2.29. The van der Waals surface area contributed by atoms with Crippen molar-refractivity contribution in [2.45, 2.75) is 39.2 Å². The second-order valence-electron chi connectivity index (χ2n) is 4.49. The third kappa shape index (κ3) is 5.17. The Morgan fingerprint density at radius 3 is 2.59 bits per heavy atom. The van der Waals surface area contributed by atoms with Gasteiger partial charge in [-0.2, -0.15) is 0 Å². The van der Waals surface area contributed by atoms with Crippen molar-refractivity contribution in [1.82, 2.24) is 10.2 Å². The van der Waals surface area contributed by atoms with E-state index in [4.69, 9.17) is 0 Å². The summed E-state index contributed by atoms with van der Waals surface area (Å²) in [5.41, 5.74) is 0. The molecular formula is C12H24N2O2S. The molecule has 2 unspecified atom stereocenters. The molecule has 0 aliphatic carbocycles. The van der Waals surface area contributed by atoms with Gasteiger partial charge >= 0.3 is 0 Å².